The molecular formula is C16H16ClN3O4. The molecule has 24 heavy (non-hydrogen) atoms. The number of hydrogen-bond acceptors (Lipinski definition) is 5. The third-order valence-corrected chi connectivity index (χ3v) is 3.26. The first-order valence-electron chi connectivity index (χ1n) is 7.18. The molecule has 0 radical (unpaired) electrons. The summed E-state index contributed by atoms with van der Waals surface area (Å²) in [5.41, 5.74) is 0.403. The average Bonchev–Trinajstić information content (AvgIpc) is 2.57. The molecule has 0 aliphatic heterocycles. The van der Waals surface area contributed by atoms with Crippen LogP contribution >= 0.6 is 11.6 Å². The summed E-state index contributed by atoms with van der Waals surface area (Å²) in [7, 11) is 0. The highest BCUT2D eigenvalue weighted by molar-refractivity contribution is 6.30. The summed E-state index contributed by atoms with van der Waals surface area (Å²) in [6, 6.07) is 13.1. The fraction of sp³-hybridized carbons (Fsp3) is 0.188. The van der Waals surface area contributed by atoms with Gasteiger partial charge in [0.15, 0.2) is 6.61 Å². The van der Waals surface area contributed by atoms with Gasteiger partial charge in [-0.25, -0.2) is 0 Å². The molecule has 2 rings (SSSR count). The van der Waals surface area contributed by atoms with Gasteiger partial charge in [-0.05, 0) is 24.3 Å². The van der Waals surface area contributed by atoms with Crippen LogP contribution < -0.4 is 15.4 Å². The molecule has 1 amide bonds. The predicted octanol–water partition coefficient (Wildman–Crippen LogP) is 2.86. The molecule has 8 heteroatoms. The number of rotatable bonds is 8. The predicted molar refractivity (Wildman–Crippen MR) is 91.5 cm³/mol. The van der Waals surface area contributed by atoms with E-state index in [-0.39, 0.29) is 18.2 Å². The maximum Gasteiger partial charge on any atom is 0.292 e. The van der Waals surface area contributed by atoms with Crippen LogP contribution in [0, 0.1) is 10.1 Å². The van der Waals surface area contributed by atoms with E-state index >= 15 is 0 Å². The number of hydrogen-bond donors (Lipinski definition) is 2. The number of carbonyl (C=O) groups is 1. The van der Waals surface area contributed by atoms with Gasteiger partial charge in [-0.1, -0.05) is 29.8 Å². The number of nitrogens with one attached hydrogen (secondary N) is 2. The van der Waals surface area contributed by atoms with Gasteiger partial charge in [0.2, 0.25) is 0 Å². The topological polar surface area (TPSA) is 93.5 Å². The fourth-order valence-electron chi connectivity index (χ4n) is 1.94. The minimum atomic E-state index is -0.459. The van der Waals surface area contributed by atoms with Crippen molar-refractivity contribution in [1.82, 2.24) is 5.32 Å². The Balaban J connectivity index is 1.71. The summed E-state index contributed by atoms with van der Waals surface area (Å²) in [6.45, 7) is 0.531. The Morgan fingerprint density at radius 2 is 1.96 bits per heavy atom. The van der Waals surface area contributed by atoms with Crippen molar-refractivity contribution in [3.8, 4) is 5.75 Å². The second kappa shape index (κ2) is 8.73. The highest BCUT2D eigenvalue weighted by Gasteiger charge is 2.11. The maximum absolute atomic E-state index is 11.7. The molecule has 0 fully saturated rings. The molecule has 0 saturated heterocycles. The van der Waals surface area contributed by atoms with Gasteiger partial charge >= 0.3 is 0 Å². The van der Waals surface area contributed by atoms with Crippen LogP contribution in [0.3, 0.4) is 0 Å². The van der Waals surface area contributed by atoms with E-state index in [1.165, 1.54) is 6.07 Å². The third kappa shape index (κ3) is 5.44. The molecule has 0 aliphatic rings. The van der Waals surface area contributed by atoms with E-state index in [9.17, 15) is 14.9 Å². The number of benzene rings is 2. The number of para-hydroxylation sites is 2. The van der Waals surface area contributed by atoms with Gasteiger partial charge in [0.05, 0.1) is 4.92 Å². The van der Waals surface area contributed by atoms with E-state index in [0.717, 1.165) is 0 Å². The molecule has 0 atom stereocenters. The summed E-state index contributed by atoms with van der Waals surface area (Å²) in [5.74, 6) is 0.218. The number of ether oxygens (including phenoxy) is 1. The molecule has 0 aromatic heterocycles. The third-order valence-electron chi connectivity index (χ3n) is 3.03. The fourth-order valence-corrected chi connectivity index (χ4v) is 2.12. The first kappa shape index (κ1) is 17.6. The molecule has 0 unspecified atom stereocenters. The average molecular weight is 350 g/mol. The van der Waals surface area contributed by atoms with Crippen molar-refractivity contribution in [3.05, 3.63) is 63.7 Å². The van der Waals surface area contributed by atoms with Crippen molar-refractivity contribution in [2.45, 2.75) is 0 Å². The molecule has 2 aromatic rings. The summed E-state index contributed by atoms with van der Waals surface area (Å²) < 4.78 is 5.31. The zero-order valence-corrected chi connectivity index (χ0v) is 13.5. The smallest absolute Gasteiger partial charge is 0.292 e. The standard InChI is InChI=1S/C16H16ClN3O4/c17-12-4-3-5-13(10-12)24-11-16(21)19-9-8-18-14-6-1-2-7-15(14)20(22)23/h1-7,10,18H,8-9,11H2,(H,19,21). The van der Waals surface area contributed by atoms with Crippen molar-refractivity contribution >= 4 is 28.9 Å². The molecule has 126 valence electrons. The lowest BCUT2D eigenvalue weighted by molar-refractivity contribution is -0.384. The lowest BCUT2D eigenvalue weighted by Gasteiger charge is -2.09. The SMILES string of the molecule is O=C(COc1cccc(Cl)c1)NCCNc1ccccc1[N+](=O)[O-]. The highest BCUT2D eigenvalue weighted by atomic mass is 35.5. The first-order valence-corrected chi connectivity index (χ1v) is 7.56. The lowest BCUT2D eigenvalue weighted by Crippen LogP contribution is -2.32. The molecule has 2 N–H and O–H groups in total. The van der Waals surface area contributed by atoms with Gasteiger partial charge in [-0.3, -0.25) is 14.9 Å². The highest BCUT2D eigenvalue weighted by Crippen LogP contribution is 2.22. The van der Waals surface area contributed by atoms with Gasteiger partial charge in [0.1, 0.15) is 11.4 Å². The van der Waals surface area contributed by atoms with Crippen LogP contribution in [0.15, 0.2) is 48.5 Å². The lowest BCUT2D eigenvalue weighted by atomic mass is 10.2. The van der Waals surface area contributed by atoms with Gasteiger partial charge in [-0.2, -0.15) is 0 Å². The Kier molecular flexibility index (Phi) is 6.39. The second-order valence-electron chi connectivity index (χ2n) is 4.80. The van der Waals surface area contributed by atoms with Crippen LogP contribution in [0.25, 0.3) is 0 Å². The monoisotopic (exact) mass is 349 g/mol. The molecule has 0 bridgehead atoms. The number of halogens is 1. The van der Waals surface area contributed by atoms with E-state index in [1.54, 1.807) is 42.5 Å². The Morgan fingerprint density at radius 1 is 1.17 bits per heavy atom. The van der Waals surface area contributed by atoms with Gasteiger partial charge in [0, 0.05) is 24.2 Å². The van der Waals surface area contributed by atoms with Crippen LogP contribution in [0.1, 0.15) is 0 Å². The zero-order valence-electron chi connectivity index (χ0n) is 12.7. The molecule has 0 saturated carbocycles. The largest absolute Gasteiger partial charge is 0.484 e. The number of amides is 1. The number of carbonyl (C=O) groups excluding carboxylic acids is 1. The number of nitro benzene ring substituents is 1. The van der Waals surface area contributed by atoms with E-state index < -0.39 is 4.92 Å². The molecule has 2 aromatic carbocycles. The summed E-state index contributed by atoms with van der Waals surface area (Å²) >= 11 is 5.82. The van der Waals surface area contributed by atoms with Gasteiger partial charge in [-0.15, -0.1) is 0 Å². The molecule has 0 heterocycles. The Morgan fingerprint density at radius 3 is 2.71 bits per heavy atom. The van der Waals surface area contributed by atoms with Crippen LogP contribution in [0.2, 0.25) is 5.02 Å². The molecular weight excluding hydrogens is 334 g/mol. The Hall–Kier alpha value is -2.80. The maximum atomic E-state index is 11.7. The van der Waals surface area contributed by atoms with Crippen LogP contribution in [0.5, 0.6) is 5.75 Å². The minimum absolute atomic E-state index is 0.00637. The van der Waals surface area contributed by atoms with E-state index in [0.29, 0.717) is 29.5 Å². The van der Waals surface area contributed by atoms with Crippen LogP contribution in [-0.4, -0.2) is 30.5 Å². The van der Waals surface area contributed by atoms with Crippen molar-refractivity contribution in [1.29, 1.82) is 0 Å². The zero-order chi connectivity index (χ0) is 17.4. The van der Waals surface area contributed by atoms with E-state index in [1.807, 2.05) is 0 Å². The number of nitrogens with zero attached hydrogens (tertiary/aromatic N) is 1. The summed E-state index contributed by atoms with van der Waals surface area (Å²) in [4.78, 5) is 22.1. The van der Waals surface area contributed by atoms with E-state index in [4.69, 9.17) is 16.3 Å². The Labute approximate surface area is 143 Å². The minimum Gasteiger partial charge on any atom is -0.484 e. The van der Waals surface area contributed by atoms with Crippen LogP contribution in [0.4, 0.5) is 11.4 Å². The van der Waals surface area contributed by atoms with Crippen molar-refractivity contribution in [2.75, 3.05) is 25.0 Å². The first-order chi connectivity index (χ1) is 11.6. The second-order valence-corrected chi connectivity index (χ2v) is 5.23. The molecule has 7 nitrogen and oxygen atoms in total. The van der Waals surface area contributed by atoms with Crippen molar-refractivity contribution < 1.29 is 14.5 Å². The number of nitro groups is 1. The number of anilines is 1. The van der Waals surface area contributed by atoms with Crippen LogP contribution in [-0.2, 0) is 4.79 Å². The molecule has 0 aliphatic carbocycles. The van der Waals surface area contributed by atoms with Crippen molar-refractivity contribution in [3.63, 3.8) is 0 Å². The molecule has 0 spiro atoms. The summed E-state index contributed by atoms with van der Waals surface area (Å²) in [6.07, 6.45) is 0. The normalized spacial score (nSPS) is 10.0. The van der Waals surface area contributed by atoms with Crippen molar-refractivity contribution in [2.24, 2.45) is 0 Å². The van der Waals surface area contributed by atoms with Gasteiger partial charge < -0.3 is 15.4 Å². The van der Waals surface area contributed by atoms with Gasteiger partial charge in [0.25, 0.3) is 11.6 Å². The van der Waals surface area contributed by atoms with E-state index in [2.05, 4.69) is 10.6 Å². The Bertz CT molecular complexity index is 724. The summed E-state index contributed by atoms with van der Waals surface area (Å²) in [5, 5.41) is 17.0. The quantitative estimate of drug-likeness (QED) is 0.434.